The average Bonchev–Trinajstić information content (AvgIpc) is 2.28. The van der Waals surface area contributed by atoms with Crippen molar-refractivity contribution in [2.24, 2.45) is 5.92 Å². The molecule has 0 aliphatic heterocycles. The van der Waals surface area contributed by atoms with Crippen molar-refractivity contribution >= 4 is 0 Å². The predicted molar refractivity (Wildman–Crippen MR) is 67.2 cm³/mol. The smallest absolute Gasteiger partial charge is 0.119 e. The van der Waals surface area contributed by atoms with Crippen LogP contribution in [-0.2, 0) is 6.42 Å². The van der Waals surface area contributed by atoms with E-state index in [1.807, 2.05) is 6.07 Å². The molecule has 1 atom stereocenters. The normalized spacial score (nSPS) is 23.9. The van der Waals surface area contributed by atoms with Gasteiger partial charge >= 0.3 is 0 Å². The van der Waals surface area contributed by atoms with Crippen molar-refractivity contribution in [3.8, 4) is 5.75 Å². The molecule has 0 spiro atoms. The van der Waals surface area contributed by atoms with E-state index < -0.39 is 0 Å². The number of fused-ring (bicyclic) bond motifs is 1. The summed E-state index contributed by atoms with van der Waals surface area (Å²) in [5.41, 5.74) is 2.38. The van der Waals surface area contributed by atoms with Gasteiger partial charge in [0.15, 0.2) is 0 Å². The Morgan fingerprint density at radius 2 is 2.06 bits per heavy atom. The lowest BCUT2D eigenvalue weighted by Gasteiger charge is -2.26. The number of hydrogen-bond donors (Lipinski definition) is 1. The Balaban J connectivity index is 1.70. The van der Waals surface area contributed by atoms with Crippen molar-refractivity contribution in [1.82, 2.24) is 0 Å². The van der Waals surface area contributed by atoms with Gasteiger partial charge in [0, 0.05) is 0 Å². The van der Waals surface area contributed by atoms with Gasteiger partial charge in [-0.3, -0.25) is 0 Å². The van der Waals surface area contributed by atoms with Gasteiger partial charge < -0.3 is 9.84 Å². The van der Waals surface area contributed by atoms with Gasteiger partial charge in [0.1, 0.15) is 5.75 Å². The highest BCUT2D eigenvalue weighted by molar-refractivity contribution is 5.38. The van der Waals surface area contributed by atoms with Crippen LogP contribution in [0.3, 0.4) is 0 Å². The molecule has 2 nitrogen and oxygen atoms in total. The maximum Gasteiger partial charge on any atom is 0.119 e. The Morgan fingerprint density at radius 1 is 1.18 bits per heavy atom. The van der Waals surface area contributed by atoms with Crippen LogP contribution in [-0.4, -0.2) is 11.7 Å². The highest BCUT2D eigenvalue weighted by Crippen LogP contribution is 2.33. The van der Waals surface area contributed by atoms with Crippen LogP contribution in [0.25, 0.3) is 0 Å². The van der Waals surface area contributed by atoms with Crippen LogP contribution in [0, 0.1) is 5.92 Å². The zero-order valence-electron chi connectivity index (χ0n) is 10.2. The van der Waals surface area contributed by atoms with E-state index in [0.29, 0.717) is 0 Å². The Bertz CT molecular complexity index is 396. The van der Waals surface area contributed by atoms with Gasteiger partial charge in [-0.2, -0.15) is 0 Å². The predicted octanol–water partition coefficient (Wildman–Crippen LogP) is 3.24. The number of aliphatic hydroxyl groups is 1. The molecule has 1 unspecified atom stereocenters. The molecule has 0 amide bonds. The molecular weight excluding hydrogens is 212 g/mol. The van der Waals surface area contributed by atoms with E-state index in [-0.39, 0.29) is 6.10 Å². The van der Waals surface area contributed by atoms with E-state index in [1.54, 1.807) is 0 Å². The molecule has 0 radical (unpaired) electrons. The van der Waals surface area contributed by atoms with E-state index in [0.717, 1.165) is 43.1 Å². The number of rotatable bonds is 3. The van der Waals surface area contributed by atoms with Crippen molar-refractivity contribution in [2.75, 3.05) is 6.61 Å². The van der Waals surface area contributed by atoms with Crippen LogP contribution in [0.2, 0.25) is 0 Å². The standard InChI is InChI=1S/C15H20O2/c16-15-6-2-5-12-7-8-13(9-14(12)15)17-10-11-3-1-4-11/h7-9,11,15-16H,1-6,10H2. The maximum absolute atomic E-state index is 9.96. The minimum Gasteiger partial charge on any atom is -0.493 e. The van der Waals surface area contributed by atoms with Gasteiger partial charge in [0.05, 0.1) is 12.7 Å². The summed E-state index contributed by atoms with van der Waals surface area (Å²) in [7, 11) is 0. The number of ether oxygens (including phenoxy) is 1. The second-order valence-electron chi connectivity index (χ2n) is 5.38. The Kier molecular flexibility index (Phi) is 3.06. The summed E-state index contributed by atoms with van der Waals surface area (Å²) in [5.74, 6) is 1.69. The zero-order chi connectivity index (χ0) is 11.7. The lowest BCUT2D eigenvalue weighted by molar-refractivity contribution is 0.154. The van der Waals surface area contributed by atoms with Gasteiger partial charge in [-0.05, 0) is 61.3 Å². The molecule has 0 heterocycles. The Labute approximate surface area is 103 Å². The average molecular weight is 232 g/mol. The lowest BCUT2D eigenvalue weighted by Crippen LogP contribution is -2.19. The molecule has 2 aliphatic carbocycles. The third-order valence-electron chi connectivity index (χ3n) is 4.11. The third-order valence-corrected chi connectivity index (χ3v) is 4.11. The van der Waals surface area contributed by atoms with Gasteiger partial charge in [-0.1, -0.05) is 12.5 Å². The first-order chi connectivity index (χ1) is 8.33. The van der Waals surface area contributed by atoms with Crippen LogP contribution in [0.5, 0.6) is 5.75 Å². The minimum absolute atomic E-state index is 0.286. The van der Waals surface area contributed by atoms with Crippen molar-refractivity contribution < 1.29 is 9.84 Å². The highest BCUT2D eigenvalue weighted by Gasteiger charge is 2.20. The molecule has 1 saturated carbocycles. The highest BCUT2D eigenvalue weighted by atomic mass is 16.5. The van der Waals surface area contributed by atoms with E-state index >= 15 is 0 Å². The summed E-state index contributed by atoms with van der Waals surface area (Å²) in [6.07, 6.45) is 6.77. The van der Waals surface area contributed by atoms with E-state index in [1.165, 1.54) is 24.8 Å². The fourth-order valence-electron chi connectivity index (χ4n) is 2.72. The first kappa shape index (κ1) is 11.1. The van der Waals surface area contributed by atoms with Crippen molar-refractivity contribution in [1.29, 1.82) is 0 Å². The molecule has 1 N–H and O–H groups in total. The summed E-state index contributed by atoms with van der Waals surface area (Å²) >= 11 is 0. The maximum atomic E-state index is 9.96. The summed E-state index contributed by atoms with van der Waals surface area (Å²) in [4.78, 5) is 0. The molecule has 1 fully saturated rings. The van der Waals surface area contributed by atoms with Crippen LogP contribution >= 0.6 is 0 Å². The second-order valence-corrected chi connectivity index (χ2v) is 5.38. The number of aliphatic hydroxyl groups excluding tert-OH is 1. The van der Waals surface area contributed by atoms with Gasteiger partial charge in [-0.15, -0.1) is 0 Å². The van der Waals surface area contributed by atoms with Crippen molar-refractivity contribution in [3.63, 3.8) is 0 Å². The Hall–Kier alpha value is -1.02. The van der Waals surface area contributed by atoms with Crippen LogP contribution < -0.4 is 4.74 Å². The van der Waals surface area contributed by atoms with Crippen LogP contribution in [0.4, 0.5) is 0 Å². The molecule has 17 heavy (non-hydrogen) atoms. The van der Waals surface area contributed by atoms with E-state index in [4.69, 9.17) is 4.74 Å². The van der Waals surface area contributed by atoms with Crippen molar-refractivity contribution in [2.45, 2.75) is 44.6 Å². The van der Waals surface area contributed by atoms with Crippen molar-refractivity contribution in [3.05, 3.63) is 29.3 Å². The largest absolute Gasteiger partial charge is 0.493 e. The van der Waals surface area contributed by atoms with Gasteiger partial charge in [0.2, 0.25) is 0 Å². The number of hydrogen-bond acceptors (Lipinski definition) is 2. The lowest BCUT2D eigenvalue weighted by atomic mass is 9.86. The first-order valence-electron chi connectivity index (χ1n) is 6.76. The van der Waals surface area contributed by atoms with E-state index in [9.17, 15) is 5.11 Å². The quantitative estimate of drug-likeness (QED) is 0.867. The number of aryl methyl sites for hydroxylation is 1. The summed E-state index contributed by atoms with van der Waals surface area (Å²) in [5, 5.41) is 9.96. The number of benzene rings is 1. The molecule has 0 saturated heterocycles. The van der Waals surface area contributed by atoms with Crippen LogP contribution in [0.1, 0.15) is 49.3 Å². The zero-order valence-corrected chi connectivity index (χ0v) is 10.2. The molecule has 1 aromatic carbocycles. The molecule has 3 rings (SSSR count). The fraction of sp³-hybridized carbons (Fsp3) is 0.600. The summed E-state index contributed by atoms with van der Waals surface area (Å²) < 4.78 is 5.81. The third kappa shape index (κ3) is 2.32. The molecule has 0 aromatic heterocycles. The molecule has 1 aromatic rings. The minimum atomic E-state index is -0.286. The first-order valence-corrected chi connectivity index (χ1v) is 6.76. The van der Waals surface area contributed by atoms with Gasteiger partial charge in [-0.25, -0.2) is 0 Å². The molecular formula is C15H20O2. The van der Waals surface area contributed by atoms with Crippen LogP contribution in [0.15, 0.2) is 18.2 Å². The summed E-state index contributed by atoms with van der Waals surface area (Å²) in [6, 6.07) is 6.21. The monoisotopic (exact) mass is 232 g/mol. The molecule has 0 bridgehead atoms. The Morgan fingerprint density at radius 3 is 2.82 bits per heavy atom. The fourth-order valence-corrected chi connectivity index (χ4v) is 2.72. The van der Waals surface area contributed by atoms with E-state index in [2.05, 4.69) is 12.1 Å². The SMILES string of the molecule is OC1CCCc2ccc(OCC3CCC3)cc21. The molecule has 2 heteroatoms. The van der Waals surface area contributed by atoms with Gasteiger partial charge in [0.25, 0.3) is 0 Å². The second kappa shape index (κ2) is 4.69. The summed E-state index contributed by atoms with van der Waals surface area (Å²) in [6.45, 7) is 0.842. The topological polar surface area (TPSA) is 29.5 Å². The molecule has 92 valence electrons. The molecule has 2 aliphatic rings.